The number of hydrogen-bond acceptors (Lipinski definition) is 4. The molecule has 2 atom stereocenters. The Kier molecular flexibility index (Phi) is 6.07. The molecule has 0 aromatic heterocycles. The zero-order valence-corrected chi connectivity index (χ0v) is 15.9. The van der Waals surface area contributed by atoms with Crippen LogP contribution in [0.4, 0.5) is 4.79 Å². The Bertz CT molecular complexity index is 547. The van der Waals surface area contributed by atoms with Crippen molar-refractivity contribution in [1.29, 1.82) is 0 Å². The number of likely N-dealkylation sites (tertiary alicyclic amines) is 1. The lowest BCUT2D eigenvalue weighted by Crippen LogP contribution is -2.47. The molecule has 8 heteroatoms. The Morgan fingerprint density at radius 3 is 2.42 bits per heavy atom. The van der Waals surface area contributed by atoms with E-state index < -0.39 is 6.03 Å². The highest BCUT2D eigenvalue weighted by molar-refractivity contribution is 6.04. The number of halogens is 1. The van der Waals surface area contributed by atoms with Crippen LogP contribution in [0, 0.1) is 11.8 Å². The maximum Gasteiger partial charge on any atom is 0.325 e. The molecule has 2 aliphatic carbocycles. The molecule has 2 heterocycles. The number of carbonyl (C=O) groups is 3. The molecule has 2 saturated carbocycles. The van der Waals surface area contributed by atoms with Crippen LogP contribution in [0.5, 0.6) is 0 Å². The summed E-state index contributed by atoms with van der Waals surface area (Å²) < 4.78 is 0. The Morgan fingerprint density at radius 1 is 1.08 bits per heavy atom. The highest BCUT2D eigenvalue weighted by Gasteiger charge is 2.45. The molecule has 4 aliphatic rings. The van der Waals surface area contributed by atoms with Gasteiger partial charge in [0.15, 0.2) is 0 Å². The molecule has 0 radical (unpaired) electrons. The van der Waals surface area contributed by atoms with Crippen molar-refractivity contribution in [2.45, 2.75) is 57.0 Å². The van der Waals surface area contributed by atoms with E-state index >= 15 is 0 Å². The van der Waals surface area contributed by atoms with Crippen LogP contribution in [0.1, 0.15) is 44.9 Å². The third-order valence-corrected chi connectivity index (χ3v) is 6.30. The summed E-state index contributed by atoms with van der Waals surface area (Å²) in [4.78, 5) is 39.3. The van der Waals surface area contributed by atoms with Gasteiger partial charge in [-0.05, 0) is 37.5 Å². The molecule has 0 unspecified atom stereocenters. The Morgan fingerprint density at radius 2 is 1.81 bits per heavy atom. The molecule has 0 aromatic carbocycles. The fourth-order valence-electron chi connectivity index (χ4n) is 4.77. The topological polar surface area (TPSA) is 81.8 Å². The minimum absolute atomic E-state index is 0. The van der Waals surface area contributed by atoms with E-state index in [9.17, 15) is 14.4 Å². The molecule has 26 heavy (non-hydrogen) atoms. The van der Waals surface area contributed by atoms with Gasteiger partial charge in [-0.2, -0.15) is 0 Å². The molecule has 0 aromatic rings. The molecule has 2 aliphatic heterocycles. The van der Waals surface area contributed by atoms with Gasteiger partial charge in [0, 0.05) is 25.2 Å². The average molecular weight is 385 g/mol. The van der Waals surface area contributed by atoms with E-state index in [-0.39, 0.29) is 43.4 Å². The first-order chi connectivity index (χ1) is 12.1. The summed E-state index contributed by atoms with van der Waals surface area (Å²) in [5.74, 6) is 0.713. The maximum atomic E-state index is 12.4. The van der Waals surface area contributed by atoms with Crippen LogP contribution in [-0.2, 0) is 9.59 Å². The van der Waals surface area contributed by atoms with Gasteiger partial charge >= 0.3 is 6.03 Å². The van der Waals surface area contributed by atoms with Gasteiger partial charge in [-0.15, -0.1) is 12.4 Å². The van der Waals surface area contributed by atoms with Crippen molar-refractivity contribution < 1.29 is 14.4 Å². The number of nitrogens with one attached hydrogen (secondary N) is 2. The number of nitrogens with zero attached hydrogens (tertiary/aromatic N) is 2. The highest BCUT2D eigenvalue weighted by atomic mass is 35.5. The number of imide groups is 1. The van der Waals surface area contributed by atoms with E-state index in [1.54, 1.807) is 0 Å². The SMILES string of the molecule is Cl.O=C(CN1C(=O)CNC1=O)N[C@H]1CN(C2CCCCC2)C[C@@H]1C1CC1. The molecular weight excluding hydrogens is 356 g/mol. The smallest absolute Gasteiger partial charge is 0.325 e. The van der Waals surface area contributed by atoms with Crippen LogP contribution in [0.2, 0.25) is 0 Å². The van der Waals surface area contributed by atoms with Gasteiger partial charge < -0.3 is 10.6 Å². The molecule has 4 amide bonds. The summed E-state index contributed by atoms with van der Waals surface area (Å²) >= 11 is 0. The van der Waals surface area contributed by atoms with Gasteiger partial charge in [0.25, 0.3) is 5.91 Å². The fourth-order valence-corrected chi connectivity index (χ4v) is 4.77. The minimum Gasteiger partial charge on any atom is -0.350 e. The van der Waals surface area contributed by atoms with Crippen LogP contribution in [0.15, 0.2) is 0 Å². The number of hydrogen-bond donors (Lipinski definition) is 2. The minimum atomic E-state index is -0.464. The molecule has 146 valence electrons. The second-order valence-electron chi connectivity index (χ2n) is 8.06. The summed E-state index contributed by atoms with van der Waals surface area (Å²) in [6, 6.07) is 0.361. The van der Waals surface area contributed by atoms with Crippen LogP contribution >= 0.6 is 12.4 Å². The van der Waals surface area contributed by atoms with Crippen LogP contribution in [-0.4, -0.2) is 65.9 Å². The standard InChI is InChI=1S/C18H28N4O3.ClH/c23-16(11-22-17(24)8-19-18(22)25)20-15-10-21(9-14(15)12-6-7-12)13-4-2-1-3-5-13;/h12-15H,1-11H2,(H,19,25)(H,20,23);1H/t14-,15+;/m1./s1. The molecule has 4 fully saturated rings. The summed E-state index contributed by atoms with van der Waals surface area (Å²) in [6.45, 7) is 1.83. The van der Waals surface area contributed by atoms with Gasteiger partial charge in [0.1, 0.15) is 6.54 Å². The summed E-state index contributed by atoms with van der Waals surface area (Å²) in [7, 11) is 0. The summed E-state index contributed by atoms with van der Waals surface area (Å²) in [5, 5.41) is 5.59. The van der Waals surface area contributed by atoms with Crippen LogP contribution < -0.4 is 10.6 Å². The molecule has 2 saturated heterocycles. The molecule has 0 bridgehead atoms. The summed E-state index contributed by atoms with van der Waals surface area (Å²) in [6.07, 6.45) is 9.07. The lowest BCUT2D eigenvalue weighted by atomic mass is 9.94. The van der Waals surface area contributed by atoms with Gasteiger partial charge in [-0.3, -0.25) is 19.4 Å². The normalized spacial score (nSPS) is 30.2. The van der Waals surface area contributed by atoms with Crippen molar-refractivity contribution in [3.63, 3.8) is 0 Å². The van der Waals surface area contributed by atoms with Crippen molar-refractivity contribution >= 4 is 30.3 Å². The van der Waals surface area contributed by atoms with E-state index in [4.69, 9.17) is 0 Å². The van der Waals surface area contributed by atoms with Crippen LogP contribution in [0.25, 0.3) is 0 Å². The fraction of sp³-hybridized carbons (Fsp3) is 0.833. The number of amides is 4. The Labute approximate surface area is 160 Å². The Hall–Kier alpha value is -1.34. The number of rotatable bonds is 5. The van der Waals surface area contributed by atoms with E-state index in [1.165, 1.54) is 44.9 Å². The molecule has 0 spiro atoms. The number of carbonyl (C=O) groups excluding carboxylic acids is 3. The quantitative estimate of drug-likeness (QED) is 0.696. The lowest BCUT2D eigenvalue weighted by molar-refractivity contribution is -0.131. The lowest BCUT2D eigenvalue weighted by Gasteiger charge is -2.31. The predicted molar refractivity (Wildman–Crippen MR) is 99.0 cm³/mol. The van der Waals surface area contributed by atoms with Crippen molar-refractivity contribution in [1.82, 2.24) is 20.4 Å². The van der Waals surface area contributed by atoms with Crippen molar-refractivity contribution in [3.05, 3.63) is 0 Å². The molecular formula is C18H29ClN4O3. The third kappa shape index (κ3) is 4.14. The van der Waals surface area contributed by atoms with Gasteiger partial charge in [0.2, 0.25) is 5.91 Å². The zero-order valence-electron chi connectivity index (χ0n) is 15.1. The largest absolute Gasteiger partial charge is 0.350 e. The molecule has 4 rings (SSSR count). The van der Waals surface area contributed by atoms with E-state index in [0.29, 0.717) is 12.0 Å². The third-order valence-electron chi connectivity index (χ3n) is 6.30. The second-order valence-corrected chi connectivity index (χ2v) is 8.06. The monoisotopic (exact) mass is 384 g/mol. The van der Waals surface area contributed by atoms with E-state index in [2.05, 4.69) is 15.5 Å². The zero-order chi connectivity index (χ0) is 17.4. The summed E-state index contributed by atoms with van der Waals surface area (Å²) in [5.41, 5.74) is 0. The van der Waals surface area contributed by atoms with Crippen molar-refractivity contribution in [2.75, 3.05) is 26.2 Å². The molecule has 7 nitrogen and oxygen atoms in total. The number of urea groups is 1. The predicted octanol–water partition coefficient (Wildman–Crippen LogP) is 1.12. The maximum absolute atomic E-state index is 12.4. The second kappa shape index (κ2) is 8.13. The van der Waals surface area contributed by atoms with Gasteiger partial charge in [-0.1, -0.05) is 19.3 Å². The van der Waals surface area contributed by atoms with Crippen molar-refractivity contribution in [3.8, 4) is 0 Å². The van der Waals surface area contributed by atoms with Crippen molar-refractivity contribution in [2.24, 2.45) is 11.8 Å². The van der Waals surface area contributed by atoms with Gasteiger partial charge in [0.05, 0.1) is 6.54 Å². The van der Waals surface area contributed by atoms with Crippen LogP contribution in [0.3, 0.4) is 0 Å². The van der Waals surface area contributed by atoms with E-state index in [0.717, 1.165) is 23.9 Å². The van der Waals surface area contributed by atoms with E-state index in [1.807, 2.05) is 0 Å². The highest BCUT2D eigenvalue weighted by Crippen LogP contribution is 2.42. The first kappa shape index (κ1) is 19.4. The average Bonchev–Trinajstić information content (AvgIpc) is 3.31. The van der Waals surface area contributed by atoms with Gasteiger partial charge in [-0.25, -0.2) is 4.79 Å². The first-order valence-electron chi connectivity index (χ1n) is 9.73. The molecule has 2 N–H and O–H groups in total. The Balaban J connectivity index is 0.00000196. The first-order valence-corrected chi connectivity index (χ1v) is 9.73.